The monoisotopic (exact) mass is 315 g/mol. The van der Waals surface area contributed by atoms with Gasteiger partial charge in [0.2, 0.25) is 0 Å². The van der Waals surface area contributed by atoms with Crippen LogP contribution in [0, 0.1) is 4.77 Å². The average molecular weight is 315 g/mol. The highest BCUT2D eigenvalue weighted by molar-refractivity contribution is 7.91. The molecular formula is C11H13N3O2S3. The van der Waals surface area contributed by atoms with E-state index in [2.05, 4.69) is 10.2 Å². The van der Waals surface area contributed by atoms with Crippen LogP contribution in [-0.2, 0) is 15.4 Å². The van der Waals surface area contributed by atoms with E-state index in [-0.39, 0.29) is 11.5 Å². The number of aromatic amines is 1. The number of hydrogen-bond acceptors (Lipinski definition) is 5. The molecule has 1 fully saturated rings. The van der Waals surface area contributed by atoms with Crippen molar-refractivity contribution in [2.45, 2.75) is 18.9 Å². The minimum atomic E-state index is -2.99. The molecule has 1 N–H and O–H groups in total. The van der Waals surface area contributed by atoms with Gasteiger partial charge in [-0.2, -0.15) is 5.10 Å². The van der Waals surface area contributed by atoms with Gasteiger partial charge in [-0.1, -0.05) is 6.07 Å². The first-order valence-electron chi connectivity index (χ1n) is 5.84. The van der Waals surface area contributed by atoms with Crippen LogP contribution in [0.1, 0.15) is 13.3 Å². The largest absolute Gasteiger partial charge is 0.292 e. The summed E-state index contributed by atoms with van der Waals surface area (Å²) >= 11 is 6.85. The van der Waals surface area contributed by atoms with Crippen LogP contribution in [-0.4, -0.2) is 34.7 Å². The lowest BCUT2D eigenvalue weighted by atomic mass is 10.0. The fraction of sp³-hybridized carbons (Fsp3) is 0.455. The summed E-state index contributed by atoms with van der Waals surface area (Å²) in [5, 5.41) is 9.00. The summed E-state index contributed by atoms with van der Waals surface area (Å²) in [6.07, 6.45) is 0.571. The van der Waals surface area contributed by atoms with Crippen molar-refractivity contribution in [2.24, 2.45) is 0 Å². The third-order valence-corrected chi connectivity index (χ3v) is 6.46. The van der Waals surface area contributed by atoms with E-state index in [9.17, 15) is 8.42 Å². The zero-order valence-corrected chi connectivity index (χ0v) is 12.7. The first-order chi connectivity index (χ1) is 8.91. The highest BCUT2D eigenvalue weighted by Crippen LogP contribution is 2.35. The van der Waals surface area contributed by atoms with E-state index in [4.69, 9.17) is 12.2 Å². The van der Waals surface area contributed by atoms with Gasteiger partial charge in [-0.05, 0) is 37.0 Å². The summed E-state index contributed by atoms with van der Waals surface area (Å²) in [6, 6.07) is 3.90. The van der Waals surface area contributed by atoms with Crippen molar-refractivity contribution >= 4 is 33.4 Å². The van der Waals surface area contributed by atoms with Crippen LogP contribution >= 0.6 is 23.6 Å². The van der Waals surface area contributed by atoms with E-state index >= 15 is 0 Å². The molecule has 0 amide bonds. The standard InChI is InChI=1S/C11H13N3O2S3/c1-11(4-6-19(15,16)7-11)14-9(12-13-10(14)17)8-3-2-5-18-8/h2-3,5H,4,6-7H2,1H3,(H,13,17). The van der Waals surface area contributed by atoms with Crippen molar-refractivity contribution in [3.05, 3.63) is 22.3 Å². The second-order valence-corrected chi connectivity index (χ2v) is 8.52. The Morgan fingerprint density at radius 3 is 2.95 bits per heavy atom. The maximum absolute atomic E-state index is 11.8. The smallest absolute Gasteiger partial charge is 0.196 e. The molecule has 0 saturated carbocycles. The SMILES string of the molecule is CC1(n2c(-c3cccs3)n[nH]c2=S)CCS(=O)(=O)C1. The molecule has 1 saturated heterocycles. The molecule has 2 aromatic rings. The predicted octanol–water partition coefficient (Wildman–Crippen LogP) is 2.20. The lowest BCUT2D eigenvalue weighted by molar-refractivity contribution is 0.364. The summed E-state index contributed by atoms with van der Waals surface area (Å²) in [5.74, 6) is 1.05. The number of nitrogens with zero attached hydrogens (tertiary/aromatic N) is 2. The van der Waals surface area contributed by atoms with Crippen LogP contribution in [0.15, 0.2) is 17.5 Å². The third-order valence-electron chi connectivity index (χ3n) is 3.44. The minimum absolute atomic E-state index is 0.117. The third kappa shape index (κ3) is 2.17. The Morgan fingerprint density at radius 1 is 1.58 bits per heavy atom. The number of rotatable bonds is 2. The maximum Gasteiger partial charge on any atom is 0.196 e. The summed E-state index contributed by atoms with van der Waals surface area (Å²) in [4.78, 5) is 0.984. The highest BCUT2D eigenvalue weighted by Gasteiger charge is 2.41. The molecule has 1 atom stereocenters. The van der Waals surface area contributed by atoms with Crippen LogP contribution in [0.3, 0.4) is 0 Å². The van der Waals surface area contributed by atoms with Crippen LogP contribution in [0.4, 0.5) is 0 Å². The fourth-order valence-electron chi connectivity index (χ4n) is 2.54. The second kappa shape index (κ2) is 4.26. The second-order valence-electron chi connectivity index (χ2n) is 5.00. The number of hydrogen-bond donors (Lipinski definition) is 1. The Bertz CT molecular complexity index is 757. The molecule has 0 bridgehead atoms. The topological polar surface area (TPSA) is 67.8 Å². The molecule has 19 heavy (non-hydrogen) atoms. The minimum Gasteiger partial charge on any atom is -0.292 e. The average Bonchev–Trinajstić information content (AvgIpc) is 2.98. The fourth-order valence-corrected chi connectivity index (χ4v) is 5.71. The summed E-state index contributed by atoms with van der Waals surface area (Å²) in [6.45, 7) is 1.93. The lowest BCUT2D eigenvalue weighted by Crippen LogP contribution is -2.32. The number of aromatic nitrogens is 3. The van der Waals surface area contributed by atoms with Crippen LogP contribution in [0.5, 0.6) is 0 Å². The van der Waals surface area contributed by atoms with Crippen molar-refractivity contribution in [1.82, 2.24) is 14.8 Å². The molecule has 0 radical (unpaired) electrons. The van der Waals surface area contributed by atoms with Crippen LogP contribution < -0.4 is 0 Å². The van der Waals surface area contributed by atoms with Crippen molar-refractivity contribution < 1.29 is 8.42 Å². The van der Waals surface area contributed by atoms with E-state index in [0.29, 0.717) is 11.2 Å². The normalized spacial score (nSPS) is 25.7. The molecule has 5 nitrogen and oxygen atoms in total. The highest BCUT2D eigenvalue weighted by atomic mass is 32.2. The van der Waals surface area contributed by atoms with Gasteiger partial charge in [0, 0.05) is 0 Å². The number of nitrogens with one attached hydrogen (secondary N) is 1. The van der Waals surface area contributed by atoms with Gasteiger partial charge in [-0.3, -0.25) is 9.67 Å². The van der Waals surface area contributed by atoms with Gasteiger partial charge >= 0.3 is 0 Å². The molecule has 1 unspecified atom stereocenters. The van der Waals surface area contributed by atoms with E-state index < -0.39 is 15.4 Å². The Hall–Kier alpha value is -0.990. The van der Waals surface area contributed by atoms with Gasteiger partial charge in [0.15, 0.2) is 20.4 Å². The van der Waals surface area contributed by atoms with Gasteiger partial charge in [-0.15, -0.1) is 11.3 Å². The molecule has 3 heterocycles. The molecule has 102 valence electrons. The maximum atomic E-state index is 11.8. The summed E-state index contributed by atoms with van der Waals surface area (Å²) < 4.78 is 25.9. The van der Waals surface area contributed by atoms with Crippen LogP contribution in [0.2, 0.25) is 0 Å². The van der Waals surface area contributed by atoms with E-state index in [1.165, 1.54) is 0 Å². The van der Waals surface area contributed by atoms with E-state index in [1.807, 2.05) is 29.0 Å². The molecule has 1 aliphatic heterocycles. The zero-order valence-electron chi connectivity index (χ0n) is 10.3. The lowest BCUT2D eigenvalue weighted by Gasteiger charge is -2.25. The first kappa shape index (κ1) is 13.0. The van der Waals surface area contributed by atoms with Crippen molar-refractivity contribution in [3.8, 4) is 10.7 Å². The number of thiophene rings is 1. The zero-order chi connectivity index (χ0) is 13.7. The van der Waals surface area contributed by atoms with Gasteiger partial charge < -0.3 is 0 Å². The molecule has 2 aromatic heterocycles. The Balaban J connectivity index is 2.17. The van der Waals surface area contributed by atoms with Crippen molar-refractivity contribution in [2.75, 3.05) is 11.5 Å². The van der Waals surface area contributed by atoms with Gasteiger partial charge in [0.1, 0.15) is 0 Å². The summed E-state index contributed by atoms with van der Waals surface area (Å²) in [7, 11) is -2.99. The molecule has 1 aliphatic rings. The van der Waals surface area contributed by atoms with Crippen LogP contribution in [0.25, 0.3) is 10.7 Å². The summed E-state index contributed by atoms with van der Waals surface area (Å²) in [5.41, 5.74) is -0.512. The first-order valence-corrected chi connectivity index (χ1v) is 8.94. The van der Waals surface area contributed by atoms with Gasteiger partial charge in [0.25, 0.3) is 0 Å². The predicted molar refractivity (Wildman–Crippen MR) is 77.6 cm³/mol. The quantitative estimate of drug-likeness (QED) is 0.863. The Labute approximate surface area is 120 Å². The number of sulfone groups is 1. The molecule has 0 spiro atoms. The Morgan fingerprint density at radius 2 is 2.37 bits per heavy atom. The van der Waals surface area contributed by atoms with E-state index in [1.54, 1.807) is 11.3 Å². The molecule has 0 aliphatic carbocycles. The molecular weight excluding hydrogens is 302 g/mol. The molecule has 0 aromatic carbocycles. The van der Waals surface area contributed by atoms with Gasteiger partial charge in [-0.25, -0.2) is 8.42 Å². The molecule has 8 heteroatoms. The van der Waals surface area contributed by atoms with Crippen molar-refractivity contribution in [3.63, 3.8) is 0 Å². The van der Waals surface area contributed by atoms with Gasteiger partial charge in [0.05, 0.1) is 21.9 Å². The van der Waals surface area contributed by atoms with Crippen molar-refractivity contribution in [1.29, 1.82) is 0 Å². The van der Waals surface area contributed by atoms with E-state index in [0.717, 1.165) is 10.7 Å². The molecule has 3 rings (SSSR count). The Kier molecular flexibility index (Phi) is 2.91. The number of H-pyrrole nitrogens is 1.